The van der Waals surface area contributed by atoms with Crippen LogP contribution >= 0.6 is 24.0 Å². The van der Waals surface area contributed by atoms with Crippen molar-refractivity contribution in [1.29, 1.82) is 0 Å². The number of amides is 1. The molecule has 8 heteroatoms. The van der Waals surface area contributed by atoms with E-state index in [1.807, 2.05) is 6.92 Å². The number of halogens is 2. The van der Waals surface area contributed by atoms with Gasteiger partial charge in [0.15, 0.2) is 0 Å². The number of carboxylic acid groups (broad SMARTS) is 1. The van der Waals surface area contributed by atoms with E-state index in [1.54, 1.807) is 19.1 Å². The summed E-state index contributed by atoms with van der Waals surface area (Å²) >= 11 is 5.70. The maximum Gasteiger partial charge on any atom is 0.320 e. The van der Waals surface area contributed by atoms with Gasteiger partial charge in [-0.05, 0) is 25.5 Å². The summed E-state index contributed by atoms with van der Waals surface area (Å²) in [5, 5.41) is 14.9. The number of carbonyl (C=O) groups excluding carboxylic acids is 1. The Morgan fingerprint density at radius 3 is 2.57 bits per heavy atom. The Hall–Kier alpha value is -1.37. The molecule has 1 aromatic heterocycles. The molecule has 0 aliphatic rings. The fraction of sp³-hybridized carbons (Fsp3) is 0.462. The van der Waals surface area contributed by atoms with E-state index in [-0.39, 0.29) is 18.3 Å². The highest BCUT2D eigenvalue weighted by atomic mass is 35.5. The van der Waals surface area contributed by atoms with Gasteiger partial charge in [0.25, 0.3) is 0 Å². The summed E-state index contributed by atoms with van der Waals surface area (Å²) in [4.78, 5) is 26.9. The molecule has 0 fully saturated rings. The van der Waals surface area contributed by atoms with Crippen LogP contribution in [0.25, 0.3) is 0 Å². The van der Waals surface area contributed by atoms with Crippen molar-refractivity contribution in [1.82, 2.24) is 10.3 Å². The van der Waals surface area contributed by atoms with E-state index in [9.17, 15) is 9.59 Å². The number of aliphatic carboxylic acids is 1. The van der Waals surface area contributed by atoms with Crippen molar-refractivity contribution in [3.63, 3.8) is 0 Å². The highest BCUT2D eigenvalue weighted by Gasteiger charge is 2.22. The van der Waals surface area contributed by atoms with Gasteiger partial charge in [-0.15, -0.1) is 12.4 Å². The van der Waals surface area contributed by atoms with Gasteiger partial charge in [-0.1, -0.05) is 24.9 Å². The summed E-state index contributed by atoms with van der Waals surface area (Å²) in [6.07, 6.45) is 2.61. The lowest BCUT2D eigenvalue weighted by Gasteiger charge is -2.19. The van der Waals surface area contributed by atoms with Crippen LogP contribution in [0.15, 0.2) is 18.3 Å². The van der Waals surface area contributed by atoms with E-state index < -0.39 is 18.1 Å². The number of aromatic nitrogens is 1. The fourth-order valence-electron chi connectivity index (χ4n) is 1.63. The molecule has 0 saturated heterocycles. The SMILES string of the molecule is CCCC(NC(C)C(=O)Nc1ccc(Cl)cn1)C(=O)O.Cl. The number of pyridine rings is 1. The number of hydrogen-bond acceptors (Lipinski definition) is 4. The molecule has 0 radical (unpaired) electrons. The average Bonchev–Trinajstić information content (AvgIpc) is 2.40. The van der Waals surface area contributed by atoms with Crippen molar-refractivity contribution < 1.29 is 14.7 Å². The van der Waals surface area contributed by atoms with Crippen LogP contribution in [0.3, 0.4) is 0 Å². The van der Waals surface area contributed by atoms with Crippen LogP contribution in [-0.4, -0.2) is 34.1 Å². The zero-order valence-electron chi connectivity index (χ0n) is 11.8. The Labute approximate surface area is 134 Å². The molecular weight excluding hydrogens is 317 g/mol. The number of carboxylic acids is 1. The first-order valence-electron chi connectivity index (χ1n) is 6.35. The van der Waals surface area contributed by atoms with Crippen LogP contribution in [-0.2, 0) is 9.59 Å². The maximum atomic E-state index is 11.9. The molecule has 1 heterocycles. The number of carbonyl (C=O) groups is 2. The summed E-state index contributed by atoms with van der Waals surface area (Å²) in [5.41, 5.74) is 0. The standard InChI is InChI=1S/C13H18ClN3O3.ClH/c1-3-4-10(13(19)20)16-8(2)12(18)17-11-6-5-9(14)7-15-11;/h5-8,10,16H,3-4H2,1-2H3,(H,19,20)(H,15,17,18);1H. The molecular formula is C13H19Cl2N3O3. The molecule has 2 unspecified atom stereocenters. The van der Waals surface area contributed by atoms with Crippen LogP contribution < -0.4 is 10.6 Å². The molecule has 1 aromatic rings. The molecule has 3 N–H and O–H groups in total. The molecule has 0 aliphatic heterocycles. The maximum absolute atomic E-state index is 11.9. The monoisotopic (exact) mass is 335 g/mol. The van der Waals surface area contributed by atoms with Crippen molar-refractivity contribution >= 4 is 41.7 Å². The molecule has 6 nitrogen and oxygen atoms in total. The molecule has 0 saturated carbocycles. The van der Waals surface area contributed by atoms with Gasteiger partial charge in [0, 0.05) is 6.20 Å². The minimum atomic E-state index is -0.962. The third-order valence-corrected chi connectivity index (χ3v) is 2.92. The summed E-state index contributed by atoms with van der Waals surface area (Å²) in [6.45, 7) is 3.50. The number of anilines is 1. The molecule has 1 amide bonds. The number of hydrogen-bond donors (Lipinski definition) is 3. The van der Waals surface area contributed by atoms with E-state index in [4.69, 9.17) is 16.7 Å². The first-order valence-corrected chi connectivity index (χ1v) is 6.73. The zero-order valence-corrected chi connectivity index (χ0v) is 13.4. The van der Waals surface area contributed by atoms with Gasteiger partial charge in [-0.25, -0.2) is 4.98 Å². The van der Waals surface area contributed by atoms with Gasteiger partial charge >= 0.3 is 5.97 Å². The van der Waals surface area contributed by atoms with Gasteiger partial charge in [0.05, 0.1) is 11.1 Å². The van der Waals surface area contributed by atoms with Gasteiger partial charge in [0.1, 0.15) is 11.9 Å². The number of rotatable bonds is 7. The molecule has 0 aromatic carbocycles. The van der Waals surface area contributed by atoms with Crippen molar-refractivity contribution in [2.45, 2.75) is 38.8 Å². The van der Waals surface area contributed by atoms with Crippen LogP contribution in [0.1, 0.15) is 26.7 Å². The Balaban J connectivity index is 0.00000400. The Kier molecular flexibility index (Phi) is 8.92. The summed E-state index contributed by atoms with van der Waals surface area (Å²) in [5.74, 6) is -0.936. The fourth-order valence-corrected chi connectivity index (χ4v) is 1.74. The molecule has 21 heavy (non-hydrogen) atoms. The number of nitrogens with one attached hydrogen (secondary N) is 2. The third-order valence-electron chi connectivity index (χ3n) is 2.70. The second kappa shape index (κ2) is 9.55. The largest absolute Gasteiger partial charge is 0.480 e. The normalized spacial score (nSPS) is 12.9. The topological polar surface area (TPSA) is 91.3 Å². The van der Waals surface area contributed by atoms with Crippen molar-refractivity contribution in [2.75, 3.05) is 5.32 Å². The quantitative estimate of drug-likeness (QED) is 0.711. The van der Waals surface area contributed by atoms with E-state index in [0.29, 0.717) is 17.3 Å². The smallest absolute Gasteiger partial charge is 0.320 e. The Bertz CT molecular complexity index is 468. The lowest BCUT2D eigenvalue weighted by molar-refractivity contribution is -0.140. The average molecular weight is 336 g/mol. The van der Waals surface area contributed by atoms with Crippen molar-refractivity contribution in [3.05, 3.63) is 23.4 Å². The summed E-state index contributed by atoms with van der Waals surface area (Å²) < 4.78 is 0. The Morgan fingerprint density at radius 1 is 1.43 bits per heavy atom. The van der Waals surface area contributed by atoms with E-state index in [2.05, 4.69) is 15.6 Å². The summed E-state index contributed by atoms with van der Waals surface area (Å²) in [7, 11) is 0. The first kappa shape index (κ1) is 19.6. The molecule has 0 spiro atoms. The predicted molar refractivity (Wildman–Crippen MR) is 84.1 cm³/mol. The van der Waals surface area contributed by atoms with Gasteiger partial charge < -0.3 is 10.4 Å². The zero-order chi connectivity index (χ0) is 15.1. The highest BCUT2D eigenvalue weighted by Crippen LogP contribution is 2.10. The summed E-state index contributed by atoms with van der Waals surface area (Å²) in [6, 6.07) is 1.81. The second-order valence-electron chi connectivity index (χ2n) is 4.42. The molecule has 2 atom stereocenters. The van der Waals surface area contributed by atoms with E-state index in [1.165, 1.54) is 6.20 Å². The molecule has 118 valence electrons. The highest BCUT2D eigenvalue weighted by molar-refractivity contribution is 6.30. The predicted octanol–water partition coefficient (Wildman–Crippen LogP) is 2.33. The van der Waals surface area contributed by atoms with Gasteiger partial charge in [-0.3, -0.25) is 14.9 Å². The van der Waals surface area contributed by atoms with Crippen molar-refractivity contribution in [2.24, 2.45) is 0 Å². The minimum Gasteiger partial charge on any atom is -0.480 e. The van der Waals surface area contributed by atoms with Crippen LogP contribution in [0.5, 0.6) is 0 Å². The molecule has 0 aliphatic carbocycles. The van der Waals surface area contributed by atoms with Gasteiger partial charge in [0.2, 0.25) is 5.91 Å². The number of nitrogens with zero attached hydrogens (tertiary/aromatic N) is 1. The van der Waals surface area contributed by atoms with Crippen LogP contribution in [0, 0.1) is 0 Å². The van der Waals surface area contributed by atoms with Crippen molar-refractivity contribution in [3.8, 4) is 0 Å². The van der Waals surface area contributed by atoms with Gasteiger partial charge in [-0.2, -0.15) is 0 Å². The first-order chi connectivity index (χ1) is 9.43. The van der Waals surface area contributed by atoms with E-state index in [0.717, 1.165) is 6.42 Å². The lowest BCUT2D eigenvalue weighted by Crippen LogP contribution is -2.47. The second-order valence-corrected chi connectivity index (χ2v) is 4.86. The Morgan fingerprint density at radius 2 is 2.10 bits per heavy atom. The lowest BCUT2D eigenvalue weighted by atomic mass is 10.1. The minimum absolute atomic E-state index is 0. The molecule has 1 rings (SSSR count). The van der Waals surface area contributed by atoms with E-state index >= 15 is 0 Å². The van der Waals surface area contributed by atoms with Crippen LogP contribution in [0.4, 0.5) is 5.82 Å². The molecule has 0 bridgehead atoms. The third kappa shape index (κ3) is 6.75. The van der Waals surface area contributed by atoms with Crippen LogP contribution in [0.2, 0.25) is 5.02 Å².